The summed E-state index contributed by atoms with van der Waals surface area (Å²) in [4.78, 5) is 28.5. The van der Waals surface area contributed by atoms with Crippen LogP contribution in [0.4, 0.5) is 5.69 Å². The Hall–Kier alpha value is -3.31. The summed E-state index contributed by atoms with van der Waals surface area (Å²) in [5, 5.41) is 0. The summed E-state index contributed by atoms with van der Waals surface area (Å²) < 4.78 is 5.27. The lowest BCUT2D eigenvalue weighted by Crippen LogP contribution is -2.31. The number of carbonyl (C=O) groups excluding carboxylic acids is 2. The second-order valence-electron chi connectivity index (χ2n) is 6.99. The number of methoxy groups -OCH3 is 1. The smallest absolute Gasteiger partial charge is 0.272 e. The van der Waals surface area contributed by atoms with Crippen molar-refractivity contribution in [2.45, 2.75) is 12.7 Å². The maximum Gasteiger partial charge on any atom is 0.272 e. The number of nitrogens with zero attached hydrogens (tertiary/aromatic N) is 1. The Kier molecular flexibility index (Phi) is 5.72. The van der Waals surface area contributed by atoms with Crippen LogP contribution in [0, 0.1) is 6.92 Å². The van der Waals surface area contributed by atoms with Gasteiger partial charge in [0, 0.05) is 11.8 Å². The Morgan fingerprint density at radius 1 is 0.867 bits per heavy atom. The number of amides is 2. The second-order valence-corrected chi connectivity index (χ2v) is 7.98. The summed E-state index contributed by atoms with van der Waals surface area (Å²) >= 11 is 1.40. The standard InChI is InChI=1S/C25H21NO3S/c1-17-11-13-19(14-12-17)22-23(30-16-18-7-4-3-5-8-18)25(28)26(24(22)27)20-9-6-10-21(15-20)29-2/h3-15H,16H2,1-2H3. The van der Waals surface area contributed by atoms with E-state index in [-0.39, 0.29) is 11.8 Å². The minimum Gasteiger partial charge on any atom is -0.497 e. The van der Waals surface area contributed by atoms with Crippen LogP contribution in [0.1, 0.15) is 16.7 Å². The first-order valence-corrected chi connectivity index (χ1v) is 10.6. The number of hydrogen-bond acceptors (Lipinski definition) is 4. The molecule has 4 rings (SSSR count). The van der Waals surface area contributed by atoms with E-state index in [0.29, 0.717) is 27.7 Å². The summed E-state index contributed by atoms with van der Waals surface area (Å²) in [5.74, 6) is 0.587. The van der Waals surface area contributed by atoms with E-state index < -0.39 is 0 Å². The van der Waals surface area contributed by atoms with Gasteiger partial charge >= 0.3 is 0 Å². The average Bonchev–Trinajstić information content (AvgIpc) is 3.03. The molecular weight excluding hydrogens is 394 g/mol. The first-order valence-electron chi connectivity index (χ1n) is 9.59. The van der Waals surface area contributed by atoms with Crippen molar-refractivity contribution < 1.29 is 14.3 Å². The molecule has 5 heteroatoms. The predicted molar refractivity (Wildman–Crippen MR) is 121 cm³/mol. The number of imide groups is 1. The lowest BCUT2D eigenvalue weighted by atomic mass is 10.0. The third kappa shape index (κ3) is 3.89. The first-order chi connectivity index (χ1) is 14.6. The van der Waals surface area contributed by atoms with Crippen LogP contribution >= 0.6 is 11.8 Å². The summed E-state index contributed by atoms with van der Waals surface area (Å²) in [6.07, 6.45) is 0. The molecule has 0 saturated carbocycles. The minimum absolute atomic E-state index is 0.301. The molecule has 0 N–H and O–H groups in total. The zero-order valence-corrected chi connectivity index (χ0v) is 17.6. The van der Waals surface area contributed by atoms with E-state index in [4.69, 9.17) is 4.74 Å². The predicted octanol–water partition coefficient (Wildman–Crippen LogP) is 5.22. The van der Waals surface area contributed by atoms with Crippen molar-refractivity contribution in [2.24, 2.45) is 0 Å². The highest BCUT2D eigenvalue weighted by molar-refractivity contribution is 8.03. The molecule has 30 heavy (non-hydrogen) atoms. The molecule has 1 aliphatic rings. The van der Waals surface area contributed by atoms with Gasteiger partial charge in [-0.1, -0.05) is 66.2 Å². The van der Waals surface area contributed by atoms with Crippen LogP contribution in [-0.2, 0) is 15.3 Å². The van der Waals surface area contributed by atoms with E-state index in [1.54, 1.807) is 31.4 Å². The molecule has 0 aliphatic carbocycles. The van der Waals surface area contributed by atoms with Crippen molar-refractivity contribution in [3.05, 3.63) is 100 Å². The van der Waals surface area contributed by atoms with Crippen LogP contribution in [0.3, 0.4) is 0 Å². The lowest BCUT2D eigenvalue weighted by molar-refractivity contribution is -0.119. The number of aryl methyl sites for hydroxylation is 1. The Morgan fingerprint density at radius 2 is 1.60 bits per heavy atom. The van der Waals surface area contributed by atoms with Gasteiger partial charge in [0.15, 0.2) is 0 Å². The van der Waals surface area contributed by atoms with Crippen LogP contribution < -0.4 is 9.64 Å². The van der Waals surface area contributed by atoms with Crippen LogP contribution in [0.25, 0.3) is 5.57 Å². The van der Waals surface area contributed by atoms with Crippen molar-refractivity contribution in [1.29, 1.82) is 0 Å². The van der Waals surface area contributed by atoms with E-state index in [1.807, 2.05) is 61.5 Å². The van der Waals surface area contributed by atoms with Crippen LogP contribution in [0.15, 0.2) is 83.8 Å². The molecule has 3 aromatic carbocycles. The van der Waals surface area contributed by atoms with Gasteiger partial charge in [-0.2, -0.15) is 0 Å². The fourth-order valence-corrected chi connectivity index (χ4v) is 4.40. The summed E-state index contributed by atoms with van der Waals surface area (Å²) in [7, 11) is 1.56. The highest BCUT2D eigenvalue weighted by Gasteiger charge is 2.40. The van der Waals surface area contributed by atoms with Crippen molar-refractivity contribution in [2.75, 3.05) is 12.0 Å². The second kappa shape index (κ2) is 8.59. The van der Waals surface area contributed by atoms with Crippen LogP contribution in [0.2, 0.25) is 0 Å². The van der Waals surface area contributed by atoms with Gasteiger partial charge in [0.1, 0.15) is 5.75 Å². The fourth-order valence-electron chi connectivity index (χ4n) is 3.33. The zero-order chi connectivity index (χ0) is 21.1. The highest BCUT2D eigenvalue weighted by atomic mass is 32.2. The molecule has 0 unspecified atom stereocenters. The van der Waals surface area contributed by atoms with E-state index in [0.717, 1.165) is 16.7 Å². The molecule has 0 aromatic heterocycles. The molecule has 0 atom stereocenters. The quantitative estimate of drug-likeness (QED) is 0.518. The van der Waals surface area contributed by atoms with Gasteiger partial charge in [0.25, 0.3) is 11.8 Å². The molecule has 3 aromatic rings. The normalized spacial score (nSPS) is 13.9. The maximum atomic E-state index is 13.4. The molecule has 0 radical (unpaired) electrons. The molecule has 1 heterocycles. The molecule has 150 valence electrons. The number of thioether (sulfide) groups is 1. The number of hydrogen-bond donors (Lipinski definition) is 0. The lowest BCUT2D eigenvalue weighted by Gasteiger charge is -2.16. The molecule has 0 fully saturated rings. The van der Waals surface area contributed by atoms with Crippen molar-refractivity contribution in [3.8, 4) is 5.75 Å². The molecule has 0 saturated heterocycles. The largest absolute Gasteiger partial charge is 0.497 e. The van der Waals surface area contributed by atoms with E-state index in [2.05, 4.69) is 0 Å². The molecular formula is C25H21NO3S. The van der Waals surface area contributed by atoms with E-state index in [1.165, 1.54) is 16.7 Å². The third-order valence-electron chi connectivity index (χ3n) is 4.92. The van der Waals surface area contributed by atoms with Crippen molar-refractivity contribution >= 4 is 34.8 Å². The van der Waals surface area contributed by atoms with Gasteiger partial charge in [0.05, 0.1) is 23.3 Å². The van der Waals surface area contributed by atoms with Crippen molar-refractivity contribution in [3.63, 3.8) is 0 Å². The summed E-state index contributed by atoms with van der Waals surface area (Å²) in [6, 6.07) is 24.6. The number of ether oxygens (including phenoxy) is 1. The highest BCUT2D eigenvalue weighted by Crippen LogP contribution is 2.40. The Balaban J connectivity index is 1.74. The summed E-state index contributed by atoms with van der Waals surface area (Å²) in [5.41, 5.74) is 3.89. The van der Waals surface area contributed by atoms with Gasteiger partial charge < -0.3 is 4.74 Å². The fraction of sp³-hybridized carbons (Fsp3) is 0.120. The van der Waals surface area contributed by atoms with Gasteiger partial charge in [-0.15, -0.1) is 11.8 Å². The van der Waals surface area contributed by atoms with Gasteiger partial charge in [-0.25, -0.2) is 4.90 Å². The third-order valence-corrected chi connectivity index (χ3v) is 6.06. The zero-order valence-electron chi connectivity index (χ0n) is 16.8. The van der Waals surface area contributed by atoms with Crippen LogP contribution in [-0.4, -0.2) is 18.9 Å². The Morgan fingerprint density at radius 3 is 2.30 bits per heavy atom. The number of carbonyl (C=O) groups is 2. The van der Waals surface area contributed by atoms with E-state index in [9.17, 15) is 9.59 Å². The van der Waals surface area contributed by atoms with Crippen LogP contribution in [0.5, 0.6) is 5.75 Å². The molecule has 4 nitrogen and oxygen atoms in total. The number of anilines is 1. The number of benzene rings is 3. The SMILES string of the molecule is COc1cccc(N2C(=O)C(SCc3ccccc3)=C(c3ccc(C)cc3)C2=O)c1. The maximum absolute atomic E-state index is 13.4. The van der Waals surface area contributed by atoms with E-state index >= 15 is 0 Å². The minimum atomic E-state index is -0.312. The summed E-state index contributed by atoms with van der Waals surface area (Å²) in [6.45, 7) is 1.99. The number of rotatable bonds is 6. The average molecular weight is 416 g/mol. The monoisotopic (exact) mass is 415 g/mol. The first kappa shape index (κ1) is 20.0. The topological polar surface area (TPSA) is 46.6 Å². The van der Waals surface area contributed by atoms with Crippen molar-refractivity contribution in [1.82, 2.24) is 0 Å². The Bertz CT molecular complexity index is 1120. The van der Waals surface area contributed by atoms with Gasteiger partial charge in [0.2, 0.25) is 0 Å². The molecule has 2 amide bonds. The van der Waals surface area contributed by atoms with Gasteiger partial charge in [-0.05, 0) is 30.2 Å². The Labute approximate surface area is 180 Å². The molecule has 0 bridgehead atoms. The van der Waals surface area contributed by atoms with Gasteiger partial charge in [-0.3, -0.25) is 9.59 Å². The molecule has 1 aliphatic heterocycles. The molecule has 0 spiro atoms.